The van der Waals surface area contributed by atoms with Gasteiger partial charge in [0, 0.05) is 18.7 Å². The van der Waals surface area contributed by atoms with E-state index in [0.717, 1.165) is 29.5 Å². The van der Waals surface area contributed by atoms with Gasteiger partial charge in [-0.05, 0) is 43.9 Å². The van der Waals surface area contributed by atoms with Crippen LogP contribution in [0, 0.1) is 6.92 Å². The van der Waals surface area contributed by atoms with Crippen molar-refractivity contribution in [3.8, 4) is 0 Å². The van der Waals surface area contributed by atoms with Crippen molar-refractivity contribution < 1.29 is 4.79 Å². The highest BCUT2D eigenvalue weighted by molar-refractivity contribution is 6.31. The number of nitrogens with two attached hydrogens (primary N) is 2. The van der Waals surface area contributed by atoms with Gasteiger partial charge in [-0.25, -0.2) is 9.97 Å². The van der Waals surface area contributed by atoms with Gasteiger partial charge >= 0.3 is 0 Å². The number of amides is 1. The highest BCUT2D eigenvalue weighted by Crippen LogP contribution is 2.28. The summed E-state index contributed by atoms with van der Waals surface area (Å²) >= 11 is 5.98. The number of aryl methyl sites for hydroxylation is 1. The van der Waals surface area contributed by atoms with Crippen LogP contribution in [0.15, 0.2) is 35.8 Å². The lowest BCUT2D eigenvalue weighted by Crippen LogP contribution is -2.56. The Balaban J connectivity index is 1.38. The number of hydrogen-bond acceptors (Lipinski definition) is 8. The summed E-state index contributed by atoms with van der Waals surface area (Å²) in [4.78, 5) is 27.9. The number of hydrogen-bond donors (Lipinski definition) is 4. The molecule has 10 heteroatoms. The lowest BCUT2D eigenvalue weighted by atomic mass is 9.88. The van der Waals surface area contributed by atoms with E-state index >= 15 is 0 Å². The van der Waals surface area contributed by atoms with Crippen LogP contribution in [0.3, 0.4) is 0 Å². The number of aromatic nitrogens is 2. The number of likely N-dealkylation sites (tertiary alicyclic amines) is 1. The number of halogens is 1. The van der Waals surface area contributed by atoms with Crippen LogP contribution in [-0.2, 0) is 0 Å². The van der Waals surface area contributed by atoms with E-state index in [2.05, 4.69) is 32.2 Å². The van der Waals surface area contributed by atoms with E-state index in [4.69, 9.17) is 23.1 Å². The molecule has 0 atom stereocenters. The van der Waals surface area contributed by atoms with Crippen LogP contribution in [0.4, 0.5) is 11.6 Å². The molecular formula is C24H29ClN8O. The number of piperidine rings is 1. The molecule has 0 saturated carbocycles. The lowest BCUT2D eigenvalue weighted by Gasteiger charge is -2.39. The van der Waals surface area contributed by atoms with E-state index in [9.17, 15) is 4.79 Å². The number of carbonyl (C=O) groups is 1. The van der Waals surface area contributed by atoms with Crippen LogP contribution in [0.5, 0.6) is 0 Å². The zero-order valence-electron chi connectivity index (χ0n) is 19.4. The molecule has 2 aliphatic heterocycles. The largest absolute Gasteiger partial charge is 0.382 e. The van der Waals surface area contributed by atoms with Crippen molar-refractivity contribution in [1.82, 2.24) is 25.5 Å². The summed E-state index contributed by atoms with van der Waals surface area (Å²) in [5.74, 6) is 0.836. The normalized spacial score (nSPS) is 17.0. The van der Waals surface area contributed by atoms with Crippen molar-refractivity contribution in [2.75, 3.05) is 31.1 Å². The second-order valence-electron chi connectivity index (χ2n) is 8.64. The molecule has 1 spiro atoms. The highest BCUT2D eigenvalue weighted by atomic mass is 35.5. The third kappa shape index (κ3) is 4.56. The number of nitrogen functional groups attached to an aromatic ring is 2. The molecule has 178 valence electrons. The standard InChI is InChI=1S/C24H29ClN8O/c1-4-6-16-14(2)7-5-8-17(16)22(34)33-11-9-24(10-12-33)13-28-23(32-24)29-15(3)18-20(26)31-21(27)19(25)30-18/h4-8H,3,9-13H2,1-2H3,(H4,26,27,31)(H2,28,29,32)/b6-4-. The average Bonchev–Trinajstić information content (AvgIpc) is 3.19. The minimum Gasteiger partial charge on any atom is -0.382 e. The average molecular weight is 481 g/mol. The molecule has 0 aliphatic carbocycles. The Labute approximate surface area is 204 Å². The summed E-state index contributed by atoms with van der Waals surface area (Å²) in [6.45, 7) is 9.85. The van der Waals surface area contributed by atoms with Gasteiger partial charge in [-0.15, -0.1) is 0 Å². The SMILES string of the molecule is C=C(NC1=NCC2(CCN(C(=O)c3cccc(C)c3/C=C\C)CC2)N1)c1nc(Cl)c(N)nc1N. The van der Waals surface area contributed by atoms with Gasteiger partial charge in [0.05, 0.1) is 17.8 Å². The van der Waals surface area contributed by atoms with Crippen LogP contribution in [0.1, 0.15) is 46.9 Å². The molecule has 6 N–H and O–H groups in total. The predicted molar refractivity (Wildman–Crippen MR) is 137 cm³/mol. The first kappa shape index (κ1) is 23.6. The minimum absolute atomic E-state index is 0.0616. The van der Waals surface area contributed by atoms with Crippen LogP contribution in [0.2, 0.25) is 5.15 Å². The predicted octanol–water partition coefficient (Wildman–Crippen LogP) is 2.83. The van der Waals surface area contributed by atoms with Gasteiger partial charge < -0.3 is 27.0 Å². The fourth-order valence-electron chi connectivity index (χ4n) is 4.34. The first-order valence-electron chi connectivity index (χ1n) is 11.1. The smallest absolute Gasteiger partial charge is 0.254 e. The number of aliphatic imine (C=N–C) groups is 1. The molecule has 0 unspecified atom stereocenters. The van der Waals surface area contributed by atoms with Crippen molar-refractivity contribution >= 4 is 46.9 Å². The summed E-state index contributed by atoms with van der Waals surface area (Å²) in [5, 5.41) is 6.65. The zero-order valence-corrected chi connectivity index (χ0v) is 20.1. The number of anilines is 2. The molecule has 1 fully saturated rings. The van der Waals surface area contributed by atoms with E-state index in [1.165, 1.54) is 0 Å². The monoisotopic (exact) mass is 480 g/mol. The fourth-order valence-corrected chi connectivity index (χ4v) is 4.47. The molecule has 34 heavy (non-hydrogen) atoms. The van der Waals surface area contributed by atoms with Gasteiger partial charge in [-0.1, -0.05) is 42.5 Å². The zero-order chi connectivity index (χ0) is 24.5. The molecular weight excluding hydrogens is 452 g/mol. The van der Waals surface area contributed by atoms with E-state index in [1.807, 2.05) is 49.1 Å². The van der Waals surface area contributed by atoms with Crippen molar-refractivity contribution in [3.05, 3.63) is 58.4 Å². The molecule has 9 nitrogen and oxygen atoms in total. The Morgan fingerprint density at radius 1 is 1.26 bits per heavy atom. The molecule has 0 radical (unpaired) electrons. The van der Waals surface area contributed by atoms with E-state index in [0.29, 0.717) is 37.0 Å². The van der Waals surface area contributed by atoms with Crippen molar-refractivity contribution in [3.63, 3.8) is 0 Å². The molecule has 0 bridgehead atoms. The summed E-state index contributed by atoms with van der Waals surface area (Å²) in [5.41, 5.74) is 14.9. The fraction of sp³-hybridized carbons (Fsp3) is 0.333. The summed E-state index contributed by atoms with van der Waals surface area (Å²) in [6.07, 6.45) is 5.52. The van der Waals surface area contributed by atoms with Crippen molar-refractivity contribution in [2.24, 2.45) is 4.99 Å². The third-order valence-corrected chi connectivity index (χ3v) is 6.56. The second-order valence-corrected chi connectivity index (χ2v) is 8.99. The minimum atomic E-state index is -0.214. The third-order valence-electron chi connectivity index (χ3n) is 6.28. The van der Waals surface area contributed by atoms with Gasteiger partial charge in [-0.2, -0.15) is 0 Å². The second kappa shape index (κ2) is 9.34. The number of nitrogens with one attached hydrogen (secondary N) is 2. The molecule has 1 amide bonds. The van der Waals surface area contributed by atoms with E-state index < -0.39 is 0 Å². The van der Waals surface area contributed by atoms with Crippen LogP contribution in [0.25, 0.3) is 11.8 Å². The van der Waals surface area contributed by atoms with Gasteiger partial charge in [-0.3, -0.25) is 9.79 Å². The quantitative estimate of drug-likeness (QED) is 0.528. The van der Waals surface area contributed by atoms with Crippen molar-refractivity contribution in [1.29, 1.82) is 0 Å². The molecule has 4 rings (SSSR count). The highest BCUT2D eigenvalue weighted by Gasteiger charge is 2.40. The maximum absolute atomic E-state index is 13.3. The van der Waals surface area contributed by atoms with Crippen molar-refractivity contribution in [2.45, 2.75) is 32.2 Å². The first-order chi connectivity index (χ1) is 16.2. The summed E-state index contributed by atoms with van der Waals surface area (Å²) in [6, 6.07) is 5.86. The van der Waals surface area contributed by atoms with E-state index in [1.54, 1.807) is 0 Å². The molecule has 3 heterocycles. The van der Waals surface area contributed by atoms with Gasteiger partial charge in [0.2, 0.25) is 0 Å². The molecule has 2 aliphatic rings. The van der Waals surface area contributed by atoms with Crippen LogP contribution in [-0.4, -0.2) is 51.9 Å². The Bertz CT molecular complexity index is 1200. The topological polar surface area (TPSA) is 135 Å². The van der Waals surface area contributed by atoms with Crippen LogP contribution >= 0.6 is 11.6 Å². The van der Waals surface area contributed by atoms with Gasteiger partial charge in [0.25, 0.3) is 5.91 Å². The Hall–Kier alpha value is -3.59. The summed E-state index contributed by atoms with van der Waals surface area (Å²) in [7, 11) is 0. The lowest BCUT2D eigenvalue weighted by molar-refractivity contribution is 0.0668. The maximum atomic E-state index is 13.3. The number of benzene rings is 1. The molecule has 2 aromatic rings. The molecule has 1 aromatic carbocycles. The summed E-state index contributed by atoms with van der Waals surface area (Å²) < 4.78 is 0. The van der Waals surface area contributed by atoms with Gasteiger partial charge in [0.15, 0.2) is 22.7 Å². The molecule has 1 aromatic heterocycles. The Morgan fingerprint density at radius 2 is 2.00 bits per heavy atom. The first-order valence-corrected chi connectivity index (χ1v) is 11.5. The maximum Gasteiger partial charge on any atom is 0.254 e. The van der Waals surface area contributed by atoms with Gasteiger partial charge in [0.1, 0.15) is 5.69 Å². The number of guanidine groups is 1. The van der Waals surface area contributed by atoms with E-state index in [-0.39, 0.29) is 28.2 Å². The number of nitrogens with zero attached hydrogens (tertiary/aromatic N) is 4. The Morgan fingerprint density at radius 3 is 2.71 bits per heavy atom. The number of rotatable bonds is 4. The number of allylic oxidation sites excluding steroid dienone is 1. The molecule has 1 saturated heterocycles. The number of carbonyl (C=O) groups excluding carboxylic acids is 1. The van der Waals surface area contributed by atoms with Crippen LogP contribution < -0.4 is 22.1 Å². The Kier molecular flexibility index (Phi) is 6.47.